The van der Waals surface area contributed by atoms with Crippen LogP contribution in [-0.4, -0.2) is 44.0 Å². The molecule has 0 aliphatic carbocycles. The summed E-state index contributed by atoms with van der Waals surface area (Å²) in [6, 6.07) is 3.34. The predicted molar refractivity (Wildman–Crippen MR) is 121 cm³/mol. The topological polar surface area (TPSA) is 94.5 Å². The van der Waals surface area contributed by atoms with Crippen molar-refractivity contribution in [2.24, 2.45) is 0 Å². The van der Waals surface area contributed by atoms with Gasteiger partial charge in [-0.25, -0.2) is 4.98 Å². The molecule has 1 unspecified atom stereocenters. The lowest BCUT2D eigenvalue weighted by atomic mass is 10.1. The SMILES string of the molecule is O=C1NCC(Oc2cc(Cl)c(-c3noc(-c4cn5cc(C(F)(F)F)cc(Cl)c5n4)n3)cc2Cl)CC1(F)F. The summed E-state index contributed by atoms with van der Waals surface area (Å²) in [5, 5.41) is 5.66. The van der Waals surface area contributed by atoms with E-state index in [1.807, 2.05) is 0 Å². The fourth-order valence-electron chi connectivity index (χ4n) is 3.59. The lowest BCUT2D eigenvalue weighted by Crippen LogP contribution is -2.53. The molecule has 1 N–H and O–H groups in total. The molecule has 3 aromatic heterocycles. The van der Waals surface area contributed by atoms with Gasteiger partial charge < -0.3 is 19.0 Å². The van der Waals surface area contributed by atoms with E-state index in [1.165, 1.54) is 18.3 Å². The number of imidazole rings is 1. The Balaban J connectivity index is 1.41. The van der Waals surface area contributed by atoms with Crippen molar-refractivity contribution in [3.8, 4) is 28.7 Å². The number of carbonyl (C=O) groups excluding carboxylic acids is 1. The number of pyridine rings is 1. The molecule has 0 saturated carbocycles. The Bertz CT molecular complexity index is 1540. The minimum Gasteiger partial charge on any atom is -0.487 e. The van der Waals surface area contributed by atoms with E-state index in [9.17, 15) is 26.7 Å². The van der Waals surface area contributed by atoms with Crippen molar-refractivity contribution in [1.29, 1.82) is 0 Å². The van der Waals surface area contributed by atoms with E-state index < -0.39 is 36.1 Å². The Morgan fingerprint density at radius 3 is 2.54 bits per heavy atom. The second kappa shape index (κ2) is 8.99. The van der Waals surface area contributed by atoms with Crippen molar-refractivity contribution < 1.29 is 36.0 Å². The number of fused-ring (bicyclic) bond motifs is 1. The third-order valence-corrected chi connectivity index (χ3v) is 6.23. The lowest BCUT2D eigenvalue weighted by molar-refractivity contribution is -0.154. The number of aromatic nitrogens is 4. The van der Waals surface area contributed by atoms with Crippen LogP contribution in [0, 0.1) is 0 Å². The van der Waals surface area contributed by atoms with Crippen LogP contribution in [0.25, 0.3) is 28.6 Å². The van der Waals surface area contributed by atoms with Crippen molar-refractivity contribution in [3.63, 3.8) is 0 Å². The zero-order valence-corrected chi connectivity index (χ0v) is 20.2. The van der Waals surface area contributed by atoms with Gasteiger partial charge in [0.2, 0.25) is 5.82 Å². The average molecular weight is 583 g/mol. The number of ether oxygens (including phenoxy) is 1. The summed E-state index contributed by atoms with van der Waals surface area (Å²) in [5.41, 5.74) is -0.695. The first-order valence-electron chi connectivity index (χ1n) is 10.2. The molecule has 1 aliphatic heterocycles. The number of benzene rings is 1. The molecule has 16 heteroatoms. The fraction of sp³-hybridized carbons (Fsp3) is 0.238. The molecule has 1 saturated heterocycles. The molecule has 1 amide bonds. The number of nitrogens with zero attached hydrogens (tertiary/aromatic N) is 4. The monoisotopic (exact) mass is 581 g/mol. The highest BCUT2D eigenvalue weighted by Gasteiger charge is 2.45. The Hall–Kier alpha value is -3.16. The number of halogens is 8. The van der Waals surface area contributed by atoms with Crippen LogP contribution in [0.3, 0.4) is 0 Å². The van der Waals surface area contributed by atoms with Gasteiger partial charge in [-0.15, -0.1) is 0 Å². The summed E-state index contributed by atoms with van der Waals surface area (Å²) in [6.45, 7) is -0.147. The standard InChI is InChI=1S/C21H11Cl3F5N5O3/c22-11-3-15(36-9-4-20(25,26)19(35)30-5-9)12(23)2-10(11)16-32-18(37-33-16)14-7-34-6-8(21(27,28)29)1-13(24)17(34)31-14/h1-3,6-7,9H,4-5H2,(H,30,35). The van der Waals surface area contributed by atoms with Crippen LogP contribution in [0.5, 0.6) is 5.75 Å². The lowest BCUT2D eigenvalue weighted by Gasteiger charge is -2.29. The molecule has 1 aromatic carbocycles. The first kappa shape index (κ1) is 25.5. The van der Waals surface area contributed by atoms with Crippen molar-refractivity contribution in [3.05, 3.63) is 51.2 Å². The van der Waals surface area contributed by atoms with Gasteiger partial charge in [-0.05, 0) is 12.1 Å². The van der Waals surface area contributed by atoms with Crippen molar-refractivity contribution in [1.82, 2.24) is 24.8 Å². The number of hydrogen-bond donors (Lipinski definition) is 1. The molecule has 0 radical (unpaired) electrons. The van der Waals surface area contributed by atoms with Crippen molar-refractivity contribution in [2.45, 2.75) is 24.6 Å². The maximum atomic E-state index is 13.7. The Morgan fingerprint density at radius 2 is 1.84 bits per heavy atom. The first-order valence-corrected chi connectivity index (χ1v) is 11.4. The van der Waals surface area contributed by atoms with Crippen LogP contribution in [0.2, 0.25) is 15.1 Å². The highest BCUT2D eigenvalue weighted by molar-refractivity contribution is 6.36. The summed E-state index contributed by atoms with van der Waals surface area (Å²) < 4.78 is 78.4. The summed E-state index contributed by atoms with van der Waals surface area (Å²) in [4.78, 5) is 19.5. The number of nitrogens with one attached hydrogen (secondary N) is 1. The zero-order chi connectivity index (χ0) is 26.7. The maximum absolute atomic E-state index is 13.7. The average Bonchev–Trinajstić information content (AvgIpc) is 3.45. The number of amides is 1. The van der Waals surface area contributed by atoms with E-state index >= 15 is 0 Å². The third kappa shape index (κ3) is 4.90. The second-order valence-corrected chi connectivity index (χ2v) is 9.20. The first-order chi connectivity index (χ1) is 17.3. The minimum absolute atomic E-state index is 0.00783. The van der Waals surface area contributed by atoms with Gasteiger partial charge in [0.05, 0.1) is 33.6 Å². The molecule has 194 valence electrons. The van der Waals surface area contributed by atoms with Gasteiger partial charge in [-0.2, -0.15) is 26.9 Å². The van der Waals surface area contributed by atoms with Crippen LogP contribution in [-0.2, 0) is 11.0 Å². The highest BCUT2D eigenvalue weighted by Crippen LogP contribution is 2.38. The van der Waals surface area contributed by atoms with Crippen LogP contribution < -0.4 is 10.1 Å². The molecule has 37 heavy (non-hydrogen) atoms. The van der Waals surface area contributed by atoms with Gasteiger partial charge >= 0.3 is 12.1 Å². The van der Waals surface area contributed by atoms with Gasteiger partial charge in [-0.1, -0.05) is 40.0 Å². The van der Waals surface area contributed by atoms with Gasteiger partial charge in [0.1, 0.15) is 17.5 Å². The van der Waals surface area contributed by atoms with Gasteiger partial charge in [0, 0.05) is 24.0 Å². The molecular formula is C21H11Cl3F5N5O3. The predicted octanol–water partition coefficient (Wildman–Crippen LogP) is 5.93. The molecule has 4 aromatic rings. The molecule has 4 heterocycles. The van der Waals surface area contributed by atoms with Gasteiger partial charge in [-0.3, -0.25) is 4.79 Å². The Morgan fingerprint density at radius 1 is 1.08 bits per heavy atom. The summed E-state index contributed by atoms with van der Waals surface area (Å²) in [7, 11) is 0. The van der Waals surface area contributed by atoms with Crippen molar-refractivity contribution >= 4 is 46.4 Å². The second-order valence-electron chi connectivity index (χ2n) is 7.98. The Labute approximate surface area is 218 Å². The third-order valence-electron chi connectivity index (χ3n) is 5.34. The van der Waals surface area contributed by atoms with E-state index in [4.69, 9.17) is 44.1 Å². The molecule has 0 spiro atoms. The summed E-state index contributed by atoms with van der Waals surface area (Å²) in [6.07, 6.45) is -4.45. The minimum atomic E-state index is -4.61. The van der Waals surface area contributed by atoms with E-state index in [-0.39, 0.29) is 56.0 Å². The number of hydrogen-bond acceptors (Lipinski definition) is 6. The number of carbonyl (C=O) groups is 1. The number of alkyl halides is 5. The zero-order valence-electron chi connectivity index (χ0n) is 17.9. The number of rotatable bonds is 4. The van der Waals surface area contributed by atoms with Crippen LogP contribution >= 0.6 is 34.8 Å². The normalized spacial score (nSPS) is 17.7. The quantitative estimate of drug-likeness (QED) is 0.300. The molecule has 8 nitrogen and oxygen atoms in total. The molecule has 0 bridgehead atoms. The molecule has 1 aliphatic rings. The highest BCUT2D eigenvalue weighted by atomic mass is 35.5. The molecular weight excluding hydrogens is 572 g/mol. The van der Waals surface area contributed by atoms with E-state index in [0.717, 1.165) is 16.7 Å². The van der Waals surface area contributed by atoms with Crippen LogP contribution in [0.4, 0.5) is 22.0 Å². The Kier molecular flexibility index (Phi) is 6.20. The summed E-state index contributed by atoms with van der Waals surface area (Å²) in [5.74, 6) is -5.16. The van der Waals surface area contributed by atoms with Gasteiger partial charge in [0.15, 0.2) is 5.65 Å². The number of piperidine rings is 1. The molecule has 1 fully saturated rings. The van der Waals surface area contributed by atoms with E-state index in [1.54, 1.807) is 0 Å². The molecule has 5 rings (SSSR count). The smallest absolute Gasteiger partial charge is 0.417 e. The largest absolute Gasteiger partial charge is 0.487 e. The summed E-state index contributed by atoms with van der Waals surface area (Å²) >= 11 is 18.5. The molecule has 1 atom stereocenters. The fourth-order valence-corrected chi connectivity index (χ4v) is 4.30. The van der Waals surface area contributed by atoms with Crippen LogP contribution in [0.15, 0.2) is 35.1 Å². The maximum Gasteiger partial charge on any atom is 0.417 e. The van der Waals surface area contributed by atoms with Crippen molar-refractivity contribution in [2.75, 3.05) is 6.54 Å². The van der Waals surface area contributed by atoms with E-state index in [0.29, 0.717) is 0 Å². The van der Waals surface area contributed by atoms with E-state index in [2.05, 4.69) is 20.4 Å². The van der Waals surface area contributed by atoms with Crippen LogP contribution in [0.1, 0.15) is 12.0 Å². The van der Waals surface area contributed by atoms with Gasteiger partial charge in [0.25, 0.3) is 11.8 Å².